The molecule has 1 saturated heterocycles. The van der Waals surface area contributed by atoms with Gasteiger partial charge in [-0.15, -0.1) is 0 Å². The fourth-order valence-electron chi connectivity index (χ4n) is 2.82. The van der Waals surface area contributed by atoms with Crippen LogP contribution < -0.4 is 11.1 Å². The number of aryl methyl sites for hydroxylation is 1. The Bertz CT molecular complexity index is 501. The molecule has 0 saturated carbocycles. The predicted molar refractivity (Wildman–Crippen MR) is 87.4 cm³/mol. The number of amides is 1. The fraction of sp³-hybridized carbons (Fsp3) is 0.562. The maximum atomic E-state index is 12.2. The highest BCUT2D eigenvalue weighted by molar-refractivity contribution is 5.93. The van der Waals surface area contributed by atoms with E-state index in [0.29, 0.717) is 12.6 Å². The second kappa shape index (κ2) is 6.91. The van der Waals surface area contributed by atoms with Crippen LogP contribution in [-0.2, 0) is 4.79 Å². The molecule has 0 radical (unpaired) electrons. The minimum atomic E-state index is 0.0438. The Morgan fingerprint density at radius 3 is 2.90 bits per heavy atom. The van der Waals surface area contributed by atoms with Gasteiger partial charge in [0.15, 0.2) is 0 Å². The van der Waals surface area contributed by atoms with Gasteiger partial charge in [0, 0.05) is 24.0 Å². The molecule has 5 heteroatoms. The van der Waals surface area contributed by atoms with E-state index in [1.54, 1.807) is 0 Å². The first kappa shape index (κ1) is 15.8. The monoisotopic (exact) mass is 290 g/mol. The van der Waals surface area contributed by atoms with Crippen molar-refractivity contribution >= 4 is 17.3 Å². The molecule has 0 aliphatic carbocycles. The third-order valence-corrected chi connectivity index (χ3v) is 4.10. The van der Waals surface area contributed by atoms with Crippen LogP contribution in [0.5, 0.6) is 0 Å². The molecule has 1 fully saturated rings. The van der Waals surface area contributed by atoms with Crippen molar-refractivity contribution in [2.24, 2.45) is 0 Å². The van der Waals surface area contributed by atoms with Gasteiger partial charge in [0.25, 0.3) is 0 Å². The number of likely N-dealkylation sites (tertiary alicyclic amines) is 1. The summed E-state index contributed by atoms with van der Waals surface area (Å²) in [7, 11) is 4.21. The molecule has 1 atom stereocenters. The Morgan fingerprint density at radius 1 is 1.48 bits per heavy atom. The van der Waals surface area contributed by atoms with Crippen LogP contribution in [0.4, 0.5) is 11.4 Å². The van der Waals surface area contributed by atoms with E-state index in [-0.39, 0.29) is 5.91 Å². The second-order valence-electron chi connectivity index (χ2n) is 6.12. The highest BCUT2D eigenvalue weighted by atomic mass is 16.2. The average molecular weight is 290 g/mol. The topological polar surface area (TPSA) is 61.6 Å². The summed E-state index contributed by atoms with van der Waals surface area (Å²) in [4.78, 5) is 16.7. The number of carbonyl (C=O) groups excluding carboxylic acids is 1. The predicted octanol–water partition coefficient (Wildman–Crippen LogP) is 1.54. The molecule has 2 rings (SSSR count). The lowest BCUT2D eigenvalue weighted by molar-refractivity contribution is -0.117. The van der Waals surface area contributed by atoms with Gasteiger partial charge >= 0.3 is 0 Å². The van der Waals surface area contributed by atoms with Gasteiger partial charge in [-0.25, -0.2) is 0 Å². The number of benzene rings is 1. The summed E-state index contributed by atoms with van der Waals surface area (Å²) in [5.41, 5.74) is 8.28. The van der Waals surface area contributed by atoms with Gasteiger partial charge in [0.1, 0.15) is 0 Å². The normalized spacial score (nSPS) is 19.7. The minimum Gasteiger partial charge on any atom is -0.399 e. The molecular weight excluding hydrogens is 264 g/mol. The molecule has 5 nitrogen and oxygen atoms in total. The number of nitrogen functional groups attached to an aromatic ring is 1. The van der Waals surface area contributed by atoms with Crippen molar-refractivity contribution in [3.8, 4) is 0 Å². The summed E-state index contributed by atoms with van der Waals surface area (Å²) in [6.07, 6.45) is 2.36. The number of anilines is 2. The van der Waals surface area contributed by atoms with E-state index in [9.17, 15) is 4.79 Å². The van der Waals surface area contributed by atoms with Gasteiger partial charge < -0.3 is 16.0 Å². The molecule has 1 aromatic carbocycles. The van der Waals surface area contributed by atoms with Gasteiger partial charge in [-0.05, 0) is 64.2 Å². The largest absolute Gasteiger partial charge is 0.399 e. The number of nitrogens with one attached hydrogen (secondary N) is 1. The maximum absolute atomic E-state index is 12.2. The highest BCUT2D eigenvalue weighted by Crippen LogP contribution is 2.18. The van der Waals surface area contributed by atoms with E-state index in [2.05, 4.69) is 29.2 Å². The van der Waals surface area contributed by atoms with Crippen molar-refractivity contribution in [1.82, 2.24) is 9.80 Å². The standard InChI is InChI=1S/C16H26N4O/c1-12-9-13(17)6-7-15(12)18-16(21)11-20-8-4-5-14(10-20)19(2)3/h6-7,9,14H,4-5,8,10-11,17H2,1-3H3,(H,18,21). The number of piperidine rings is 1. The summed E-state index contributed by atoms with van der Waals surface area (Å²) in [6.45, 7) is 4.36. The van der Waals surface area contributed by atoms with E-state index >= 15 is 0 Å². The molecule has 116 valence electrons. The molecule has 1 aliphatic heterocycles. The van der Waals surface area contributed by atoms with Crippen molar-refractivity contribution < 1.29 is 4.79 Å². The second-order valence-corrected chi connectivity index (χ2v) is 6.12. The van der Waals surface area contributed by atoms with Gasteiger partial charge in [0.2, 0.25) is 5.91 Å². The maximum Gasteiger partial charge on any atom is 0.238 e. The zero-order chi connectivity index (χ0) is 15.4. The van der Waals surface area contributed by atoms with Crippen molar-refractivity contribution in [3.05, 3.63) is 23.8 Å². The van der Waals surface area contributed by atoms with Crippen LogP contribution in [0.2, 0.25) is 0 Å². The van der Waals surface area contributed by atoms with Gasteiger partial charge in [0.05, 0.1) is 6.54 Å². The molecule has 1 heterocycles. The van der Waals surface area contributed by atoms with E-state index in [4.69, 9.17) is 5.73 Å². The Morgan fingerprint density at radius 2 is 2.24 bits per heavy atom. The highest BCUT2D eigenvalue weighted by Gasteiger charge is 2.22. The summed E-state index contributed by atoms with van der Waals surface area (Å²) < 4.78 is 0. The molecule has 0 bridgehead atoms. The molecule has 1 unspecified atom stereocenters. The van der Waals surface area contributed by atoms with Crippen LogP contribution in [0, 0.1) is 6.92 Å². The van der Waals surface area contributed by atoms with Crippen molar-refractivity contribution in [1.29, 1.82) is 0 Å². The number of hydrogen-bond donors (Lipinski definition) is 2. The van der Waals surface area contributed by atoms with Crippen LogP contribution in [0.15, 0.2) is 18.2 Å². The molecule has 0 aromatic heterocycles. The third kappa shape index (κ3) is 4.44. The third-order valence-electron chi connectivity index (χ3n) is 4.10. The number of likely N-dealkylation sites (N-methyl/N-ethyl adjacent to an activating group) is 1. The Balaban J connectivity index is 1.89. The summed E-state index contributed by atoms with van der Waals surface area (Å²) in [5.74, 6) is 0.0438. The lowest BCUT2D eigenvalue weighted by Crippen LogP contribution is -2.47. The Kier molecular flexibility index (Phi) is 5.20. The van der Waals surface area contributed by atoms with Gasteiger partial charge in [-0.2, -0.15) is 0 Å². The van der Waals surface area contributed by atoms with E-state index in [1.807, 2.05) is 25.1 Å². The molecule has 21 heavy (non-hydrogen) atoms. The molecule has 1 aliphatic rings. The number of rotatable bonds is 4. The van der Waals surface area contributed by atoms with Crippen LogP contribution in [0.25, 0.3) is 0 Å². The zero-order valence-corrected chi connectivity index (χ0v) is 13.2. The van der Waals surface area contributed by atoms with Crippen LogP contribution in [0.1, 0.15) is 18.4 Å². The van der Waals surface area contributed by atoms with Crippen molar-refractivity contribution in [2.45, 2.75) is 25.8 Å². The molecule has 0 spiro atoms. The molecule has 3 N–H and O–H groups in total. The number of carbonyl (C=O) groups is 1. The molecule has 1 amide bonds. The number of nitrogens with two attached hydrogens (primary N) is 1. The average Bonchev–Trinajstić information content (AvgIpc) is 2.42. The smallest absolute Gasteiger partial charge is 0.238 e. The first-order valence-corrected chi connectivity index (χ1v) is 7.50. The van der Waals surface area contributed by atoms with Crippen LogP contribution >= 0.6 is 0 Å². The molecule has 1 aromatic rings. The van der Waals surface area contributed by atoms with Crippen LogP contribution in [0.3, 0.4) is 0 Å². The summed E-state index contributed by atoms with van der Waals surface area (Å²) in [6, 6.07) is 6.09. The lowest BCUT2D eigenvalue weighted by atomic mass is 10.1. The lowest BCUT2D eigenvalue weighted by Gasteiger charge is -2.35. The Hall–Kier alpha value is -1.59. The van der Waals surface area contributed by atoms with Gasteiger partial charge in [-0.1, -0.05) is 0 Å². The summed E-state index contributed by atoms with van der Waals surface area (Å²) >= 11 is 0. The molecular formula is C16H26N4O. The first-order valence-electron chi connectivity index (χ1n) is 7.50. The number of hydrogen-bond acceptors (Lipinski definition) is 4. The van der Waals surface area contributed by atoms with Crippen molar-refractivity contribution in [2.75, 3.05) is 44.8 Å². The first-order chi connectivity index (χ1) is 9.95. The van der Waals surface area contributed by atoms with Gasteiger partial charge in [-0.3, -0.25) is 9.69 Å². The number of nitrogens with zero attached hydrogens (tertiary/aromatic N) is 2. The van der Waals surface area contributed by atoms with Crippen LogP contribution in [-0.4, -0.2) is 55.5 Å². The van der Waals surface area contributed by atoms with E-state index in [1.165, 1.54) is 6.42 Å². The van der Waals surface area contributed by atoms with E-state index < -0.39 is 0 Å². The SMILES string of the molecule is Cc1cc(N)ccc1NC(=O)CN1CCCC(N(C)C)C1. The quantitative estimate of drug-likeness (QED) is 0.826. The fourth-order valence-corrected chi connectivity index (χ4v) is 2.82. The minimum absolute atomic E-state index is 0.0438. The summed E-state index contributed by atoms with van der Waals surface area (Å²) in [5, 5.41) is 2.98. The van der Waals surface area contributed by atoms with Crippen molar-refractivity contribution in [3.63, 3.8) is 0 Å². The Labute approximate surface area is 127 Å². The van der Waals surface area contributed by atoms with E-state index in [0.717, 1.165) is 36.4 Å². The zero-order valence-electron chi connectivity index (χ0n) is 13.2.